The molecule has 5 atom stereocenters. The Balaban J connectivity index is 0.000000266. The van der Waals surface area contributed by atoms with E-state index in [0.29, 0.717) is 32.5 Å². The summed E-state index contributed by atoms with van der Waals surface area (Å²) in [5.41, 5.74) is 11.7. The number of carbonyl (C=O) groups is 1. The molecule has 13 heteroatoms. The molecule has 1 aliphatic rings. The van der Waals surface area contributed by atoms with E-state index in [2.05, 4.69) is 20.8 Å². The van der Waals surface area contributed by atoms with Gasteiger partial charge >= 0.3 is 60.2 Å². The second-order valence-corrected chi connectivity index (χ2v) is 8.11. The molecular formula is C15H24N6O6Se. The van der Waals surface area contributed by atoms with Crippen LogP contribution in [-0.2, 0) is 9.53 Å². The maximum atomic E-state index is 10.1. The van der Waals surface area contributed by atoms with Crippen LogP contribution in [0.5, 0.6) is 0 Å². The van der Waals surface area contributed by atoms with E-state index in [0.717, 1.165) is 5.32 Å². The third-order valence-corrected chi connectivity index (χ3v) is 5.48. The van der Waals surface area contributed by atoms with Gasteiger partial charge in [0.05, 0.1) is 12.9 Å². The van der Waals surface area contributed by atoms with Crippen molar-refractivity contribution in [3.63, 3.8) is 0 Å². The number of hydrogen-bond acceptors (Lipinski definition) is 10. The number of carboxylic acids is 1. The summed E-state index contributed by atoms with van der Waals surface area (Å²) in [6.45, 7) is -0.390. The fourth-order valence-electron chi connectivity index (χ4n) is 2.53. The van der Waals surface area contributed by atoms with Crippen LogP contribution in [0.2, 0.25) is 11.1 Å². The van der Waals surface area contributed by atoms with Gasteiger partial charge in [0.2, 0.25) is 0 Å². The van der Waals surface area contributed by atoms with Crippen LogP contribution in [0.25, 0.3) is 11.2 Å². The Morgan fingerprint density at radius 1 is 1.36 bits per heavy atom. The summed E-state index contributed by atoms with van der Waals surface area (Å²) in [4.78, 5) is 22.0. The molecule has 8 N–H and O–H groups in total. The number of nitrogen functional groups attached to an aromatic ring is 1. The predicted octanol–water partition coefficient (Wildman–Crippen LogP) is -2.02. The van der Waals surface area contributed by atoms with E-state index in [9.17, 15) is 15.0 Å². The Morgan fingerprint density at radius 2 is 2.07 bits per heavy atom. The summed E-state index contributed by atoms with van der Waals surface area (Å²) in [7, 11) is 0. The van der Waals surface area contributed by atoms with Gasteiger partial charge in [-0.3, -0.25) is 4.57 Å². The monoisotopic (exact) mass is 464 g/mol. The van der Waals surface area contributed by atoms with E-state index in [-0.39, 0.29) is 5.82 Å². The molecule has 0 amide bonds. The number of aliphatic carboxylic acids is 1. The van der Waals surface area contributed by atoms with E-state index in [1.54, 1.807) is 0 Å². The minimum atomic E-state index is -1.19. The van der Waals surface area contributed by atoms with Crippen molar-refractivity contribution in [3.8, 4) is 0 Å². The summed E-state index contributed by atoms with van der Waals surface area (Å²) in [5.74, 6) is 1.40. The predicted molar refractivity (Wildman–Crippen MR) is 99.4 cm³/mol. The van der Waals surface area contributed by atoms with Gasteiger partial charge in [-0.2, -0.15) is 0 Å². The number of hydrogen-bond donors (Lipinski definition) is 6. The first-order valence-electron chi connectivity index (χ1n) is 8.34. The molecular weight excluding hydrogens is 439 g/mol. The largest absolute Gasteiger partial charge is 0.394 e. The molecule has 0 saturated carbocycles. The topological polar surface area (TPSA) is 203 Å². The number of aliphatic hydroxyl groups excluding tert-OH is 3. The Bertz CT molecular complexity index is 791. The van der Waals surface area contributed by atoms with Gasteiger partial charge in [-0.1, -0.05) is 0 Å². The Hall–Kier alpha value is -1.86. The van der Waals surface area contributed by atoms with Crippen LogP contribution in [0.4, 0.5) is 5.82 Å². The van der Waals surface area contributed by atoms with E-state index < -0.39 is 43.2 Å². The molecule has 0 aromatic carbocycles. The van der Waals surface area contributed by atoms with Crippen LogP contribution >= 0.6 is 0 Å². The molecule has 0 bridgehead atoms. The molecule has 3 rings (SSSR count). The van der Waals surface area contributed by atoms with Gasteiger partial charge in [0.15, 0.2) is 17.7 Å². The van der Waals surface area contributed by atoms with Crippen molar-refractivity contribution in [2.45, 2.75) is 48.1 Å². The number of ether oxygens (including phenoxy) is 1. The second-order valence-electron chi connectivity index (χ2n) is 6.04. The molecule has 1 saturated heterocycles. The molecule has 2 aromatic rings. The summed E-state index contributed by atoms with van der Waals surface area (Å²) < 4.78 is 6.85. The van der Waals surface area contributed by atoms with Crippen molar-refractivity contribution < 1.29 is 30.0 Å². The van der Waals surface area contributed by atoms with Crippen LogP contribution in [0.1, 0.15) is 12.6 Å². The number of rotatable bonds is 6. The third-order valence-electron chi connectivity index (χ3n) is 4.13. The van der Waals surface area contributed by atoms with Crippen LogP contribution in [0.15, 0.2) is 12.7 Å². The van der Waals surface area contributed by atoms with Gasteiger partial charge in [0.25, 0.3) is 0 Å². The molecule has 2 aromatic heterocycles. The van der Waals surface area contributed by atoms with E-state index >= 15 is 0 Å². The first-order valence-corrected chi connectivity index (χ1v) is 11.3. The fraction of sp³-hybridized carbons (Fsp3) is 0.600. The quantitative estimate of drug-likeness (QED) is 0.258. The van der Waals surface area contributed by atoms with Gasteiger partial charge < -0.3 is 25.8 Å². The molecule has 0 spiro atoms. The number of anilines is 1. The van der Waals surface area contributed by atoms with Crippen LogP contribution in [-0.4, -0.2) is 91.8 Å². The fourth-order valence-corrected chi connectivity index (χ4v) is 3.56. The number of carboxylic acid groups (broad SMARTS) is 1. The molecule has 0 radical (unpaired) electrons. The molecule has 1 fully saturated rings. The average Bonchev–Trinajstić information content (AvgIpc) is 3.23. The molecule has 28 heavy (non-hydrogen) atoms. The SMILES string of the molecule is C[Se]CCC(N)C(=O)O.Nc1ncnc2c1ncn2[C@@H]1O[C@H](CO)[C@@H](O)[C@H]1O. The number of fused-ring (bicyclic) bond motifs is 1. The van der Waals surface area contributed by atoms with Crippen LogP contribution < -0.4 is 11.5 Å². The van der Waals surface area contributed by atoms with Crippen LogP contribution in [0.3, 0.4) is 0 Å². The molecule has 12 nitrogen and oxygen atoms in total. The van der Waals surface area contributed by atoms with Crippen LogP contribution in [0, 0.1) is 0 Å². The molecule has 3 heterocycles. The second kappa shape index (κ2) is 10.1. The zero-order valence-corrected chi connectivity index (χ0v) is 16.8. The maximum absolute atomic E-state index is 10.1. The number of imidazole rings is 1. The van der Waals surface area contributed by atoms with Gasteiger partial charge in [-0.05, 0) is 0 Å². The number of aromatic nitrogens is 4. The first-order chi connectivity index (χ1) is 13.3. The van der Waals surface area contributed by atoms with Gasteiger partial charge in [-0.15, -0.1) is 0 Å². The van der Waals surface area contributed by atoms with E-state index in [1.165, 1.54) is 17.2 Å². The zero-order chi connectivity index (χ0) is 20.8. The van der Waals surface area contributed by atoms with Crippen molar-refractivity contribution in [1.82, 2.24) is 19.5 Å². The van der Waals surface area contributed by atoms with Crippen molar-refractivity contribution >= 4 is 37.9 Å². The maximum Gasteiger partial charge on any atom is 0.167 e. The number of nitrogens with two attached hydrogens (primary N) is 2. The van der Waals surface area contributed by atoms with Crippen molar-refractivity contribution in [2.75, 3.05) is 12.3 Å². The zero-order valence-electron chi connectivity index (χ0n) is 15.1. The standard InChI is InChI=1S/C10H13N5O4.C5H11NO2Se/c11-8-5-9(13-2-12-8)15(3-14-5)10-7(18)6(17)4(1-16)19-10;1-9-3-2-4(6)5(7)8/h2-4,6-7,10,16-18H,1H2,(H2,11,12,13);4H,2-3,6H2,1H3,(H,7,8)/t4-,6-,7-,10-;/m1./s1. The van der Waals surface area contributed by atoms with Crippen molar-refractivity contribution in [2.24, 2.45) is 5.73 Å². The molecule has 1 aliphatic heterocycles. The Morgan fingerprint density at radius 3 is 2.64 bits per heavy atom. The van der Waals surface area contributed by atoms with Gasteiger partial charge in [0, 0.05) is 0 Å². The summed E-state index contributed by atoms with van der Waals surface area (Å²) in [6.07, 6.45) is -0.806. The minimum Gasteiger partial charge on any atom is -0.394 e. The summed E-state index contributed by atoms with van der Waals surface area (Å²) in [5, 5.41) is 38.0. The average molecular weight is 463 g/mol. The molecule has 1 unspecified atom stereocenters. The van der Waals surface area contributed by atoms with Gasteiger partial charge in [0.1, 0.15) is 30.2 Å². The summed E-state index contributed by atoms with van der Waals surface area (Å²) >= 11 is 0.549. The van der Waals surface area contributed by atoms with Crippen molar-refractivity contribution in [1.29, 1.82) is 0 Å². The molecule has 156 valence electrons. The minimum absolute atomic E-state index is 0.218. The number of nitrogens with zero attached hydrogens (tertiary/aromatic N) is 4. The molecule has 0 aliphatic carbocycles. The van der Waals surface area contributed by atoms with Gasteiger partial charge in [-0.25, -0.2) is 15.0 Å². The normalized spacial score (nSPS) is 25.3. The first kappa shape index (κ1) is 22.4. The third kappa shape index (κ3) is 4.94. The smallest absolute Gasteiger partial charge is 0.167 e. The number of aliphatic hydroxyl groups is 3. The summed E-state index contributed by atoms with van der Waals surface area (Å²) in [6, 6.07) is -0.646. The Kier molecular flexibility index (Phi) is 8.07. The van der Waals surface area contributed by atoms with Crippen molar-refractivity contribution in [3.05, 3.63) is 12.7 Å². The van der Waals surface area contributed by atoms with E-state index in [4.69, 9.17) is 26.4 Å². The Labute approximate surface area is 166 Å². The van der Waals surface area contributed by atoms with E-state index in [1.807, 2.05) is 0 Å².